The maximum absolute atomic E-state index is 11.8. The fourth-order valence-electron chi connectivity index (χ4n) is 2.01. The van der Waals surface area contributed by atoms with Crippen LogP contribution >= 0.6 is 22.6 Å². The molecule has 0 amide bonds. The first kappa shape index (κ1) is 14.1. The zero-order valence-electron chi connectivity index (χ0n) is 10.1. The number of azide groups is 1. The Kier molecular flexibility index (Phi) is 4.27. The minimum atomic E-state index is -0.519. The van der Waals surface area contributed by atoms with Crippen molar-refractivity contribution in [2.45, 2.75) is 31.7 Å². The van der Waals surface area contributed by atoms with Gasteiger partial charge in [0.05, 0.1) is 12.1 Å². The molecule has 19 heavy (non-hydrogen) atoms. The highest BCUT2D eigenvalue weighted by molar-refractivity contribution is 14.1. The van der Waals surface area contributed by atoms with Crippen LogP contribution in [0.5, 0.6) is 0 Å². The molecule has 0 aromatic carbocycles. The van der Waals surface area contributed by atoms with Gasteiger partial charge in [0.15, 0.2) is 0 Å². The largest absolute Gasteiger partial charge is 0.353 e. The summed E-state index contributed by atoms with van der Waals surface area (Å²) in [6.45, 7) is 1.62. The summed E-state index contributed by atoms with van der Waals surface area (Å²) < 4.78 is 7.70. The summed E-state index contributed by atoms with van der Waals surface area (Å²) in [7, 11) is 0. The lowest BCUT2D eigenvalue weighted by molar-refractivity contribution is 0.00943. The molecule has 1 fully saturated rings. The summed E-state index contributed by atoms with van der Waals surface area (Å²) in [5.41, 5.74) is 8.02. The number of rotatable bonds is 3. The van der Waals surface area contributed by atoms with Gasteiger partial charge in [-0.1, -0.05) is 27.7 Å². The van der Waals surface area contributed by atoms with Gasteiger partial charge in [0.2, 0.25) is 0 Å². The topological polar surface area (TPSA) is 113 Å². The first-order chi connectivity index (χ1) is 9.06. The van der Waals surface area contributed by atoms with E-state index in [4.69, 9.17) is 10.3 Å². The average Bonchev–Trinajstić information content (AvgIpc) is 2.77. The maximum Gasteiger partial charge on any atom is 0.330 e. The number of nitrogens with zero attached hydrogens (tertiary/aromatic N) is 4. The van der Waals surface area contributed by atoms with Crippen LogP contribution in [0.4, 0.5) is 0 Å². The second-order valence-corrected chi connectivity index (χ2v) is 5.15. The molecule has 0 radical (unpaired) electrons. The van der Waals surface area contributed by atoms with Crippen molar-refractivity contribution >= 4 is 22.6 Å². The number of alkyl halides is 1. The lowest BCUT2D eigenvalue weighted by Gasteiger charge is -2.14. The van der Waals surface area contributed by atoms with Crippen molar-refractivity contribution < 1.29 is 4.74 Å². The molecular weight excluding hydrogens is 365 g/mol. The van der Waals surface area contributed by atoms with Gasteiger partial charge in [-0.25, -0.2) is 4.79 Å². The molecule has 0 bridgehead atoms. The molecule has 2 rings (SSSR count). The van der Waals surface area contributed by atoms with E-state index in [1.54, 1.807) is 6.92 Å². The van der Waals surface area contributed by atoms with Gasteiger partial charge in [0.1, 0.15) is 6.23 Å². The molecule has 102 valence electrons. The number of aryl methyl sites for hydroxylation is 1. The Balaban J connectivity index is 2.34. The Labute approximate surface area is 121 Å². The van der Waals surface area contributed by atoms with Crippen LogP contribution in [0.2, 0.25) is 0 Å². The lowest BCUT2D eigenvalue weighted by atomic mass is 10.1. The highest BCUT2D eigenvalue weighted by atomic mass is 127. The number of H-pyrrole nitrogens is 1. The smallest absolute Gasteiger partial charge is 0.330 e. The number of nitrogens with one attached hydrogen (secondary N) is 1. The molecule has 1 N–H and O–H groups in total. The van der Waals surface area contributed by atoms with E-state index in [-0.39, 0.29) is 12.1 Å². The van der Waals surface area contributed by atoms with Gasteiger partial charge < -0.3 is 4.74 Å². The number of hydrogen-bond acceptors (Lipinski definition) is 4. The Morgan fingerprint density at radius 3 is 3.05 bits per heavy atom. The van der Waals surface area contributed by atoms with Crippen molar-refractivity contribution in [1.29, 1.82) is 0 Å². The molecule has 1 saturated heterocycles. The second-order valence-electron chi connectivity index (χ2n) is 4.27. The summed E-state index contributed by atoms with van der Waals surface area (Å²) >= 11 is 2.14. The Hall–Kier alpha value is -1.32. The predicted molar refractivity (Wildman–Crippen MR) is 76.4 cm³/mol. The van der Waals surface area contributed by atoms with Crippen LogP contribution in [0.25, 0.3) is 10.4 Å². The van der Waals surface area contributed by atoms with Crippen molar-refractivity contribution in [3.63, 3.8) is 0 Å². The van der Waals surface area contributed by atoms with Crippen LogP contribution in [0.3, 0.4) is 0 Å². The number of hydrogen-bond donors (Lipinski definition) is 1. The van der Waals surface area contributed by atoms with E-state index in [9.17, 15) is 9.59 Å². The van der Waals surface area contributed by atoms with Crippen LogP contribution in [0, 0.1) is 6.92 Å². The molecule has 0 aliphatic carbocycles. The molecule has 2 heterocycles. The van der Waals surface area contributed by atoms with E-state index in [0.717, 1.165) is 0 Å². The molecule has 1 aromatic rings. The predicted octanol–water partition coefficient (Wildman–Crippen LogP) is 1.25. The van der Waals surface area contributed by atoms with Crippen molar-refractivity contribution in [3.8, 4) is 0 Å². The van der Waals surface area contributed by atoms with Gasteiger partial charge in [-0.2, -0.15) is 0 Å². The van der Waals surface area contributed by atoms with Crippen LogP contribution in [-0.4, -0.2) is 26.1 Å². The SMILES string of the molecule is Cc1cn([C@H]2C[C@H](N=[N+]=[N-])[C@@H](CI)O2)c(=O)[nH]c1=O. The molecule has 1 aliphatic rings. The van der Waals surface area contributed by atoms with Crippen LogP contribution < -0.4 is 11.2 Å². The highest BCUT2D eigenvalue weighted by Gasteiger charge is 2.35. The van der Waals surface area contributed by atoms with E-state index >= 15 is 0 Å². The highest BCUT2D eigenvalue weighted by Crippen LogP contribution is 2.30. The Morgan fingerprint density at radius 2 is 2.42 bits per heavy atom. The monoisotopic (exact) mass is 377 g/mol. The molecule has 1 aromatic heterocycles. The maximum atomic E-state index is 11.8. The van der Waals surface area contributed by atoms with Crippen LogP contribution in [0.15, 0.2) is 20.9 Å². The zero-order chi connectivity index (χ0) is 14.0. The van der Waals surface area contributed by atoms with Crippen molar-refractivity contribution in [2.24, 2.45) is 5.11 Å². The van der Waals surface area contributed by atoms with E-state index in [0.29, 0.717) is 16.4 Å². The van der Waals surface area contributed by atoms with Crippen LogP contribution in [0.1, 0.15) is 18.2 Å². The van der Waals surface area contributed by atoms with Crippen molar-refractivity contribution in [3.05, 3.63) is 43.0 Å². The first-order valence-electron chi connectivity index (χ1n) is 5.64. The average molecular weight is 377 g/mol. The van der Waals surface area contributed by atoms with E-state index in [1.165, 1.54) is 10.8 Å². The van der Waals surface area contributed by atoms with Gasteiger partial charge in [-0.15, -0.1) is 0 Å². The normalized spacial score (nSPS) is 26.1. The van der Waals surface area contributed by atoms with Gasteiger partial charge >= 0.3 is 5.69 Å². The Bertz CT molecular complexity index is 633. The fourth-order valence-corrected chi connectivity index (χ4v) is 2.81. The summed E-state index contributed by atoms with van der Waals surface area (Å²) in [4.78, 5) is 28.1. The molecule has 0 unspecified atom stereocenters. The number of ether oxygens (including phenoxy) is 1. The minimum absolute atomic E-state index is 0.222. The lowest BCUT2D eigenvalue weighted by Crippen LogP contribution is -2.33. The number of aromatic amines is 1. The third-order valence-electron chi connectivity index (χ3n) is 3.01. The molecule has 0 spiro atoms. The van der Waals surface area contributed by atoms with Gasteiger partial charge in [-0.05, 0) is 12.5 Å². The van der Waals surface area contributed by atoms with Gasteiger partial charge in [0, 0.05) is 27.5 Å². The summed E-state index contributed by atoms with van der Waals surface area (Å²) in [5, 5.41) is 3.68. The molecule has 0 saturated carbocycles. The molecule has 8 nitrogen and oxygen atoms in total. The van der Waals surface area contributed by atoms with E-state index < -0.39 is 17.5 Å². The van der Waals surface area contributed by atoms with Crippen molar-refractivity contribution in [1.82, 2.24) is 9.55 Å². The van der Waals surface area contributed by atoms with Gasteiger partial charge in [0.25, 0.3) is 5.56 Å². The summed E-state index contributed by atoms with van der Waals surface area (Å²) in [6.07, 6.45) is 1.15. The second kappa shape index (κ2) is 5.76. The molecule has 3 atom stereocenters. The van der Waals surface area contributed by atoms with E-state index in [2.05, 4.69) is 37.6 Å². The third-order valence-corrected chi connectivity index (χ3v) is 3.88. The first-order valence-corrected chi connectivity index (χ1v) is 7.17. The third kappa shape index (κ3) is 2.82. The zero-order valence-corrected chi connectivity index (χ0v) is 12.3. The number of aromatic nitrogens is 2. The standard InChI is InChI=1S/C10H12IN5O3/c1-5-4-16(10(18)13-9(5)17)8-2-6(14-15-12)7(3-11)19-8/h4,6-8H,2-3H2,1H3,(H,13,17,18)/t6-,7+,8+/m0/s1. The van der Waals surface area contributed by atoms with E-state index in [1.807, 2.05) is 0 Å². The van der Waals surface area contributed by atoms with Crippen LogP contribution in [-0.2, 0) is 4.74 Å². The summed E-state index contributed by atoms with van der Waals surface area (Å²) in [6, 6.07) is -0.300. The van der Waals surface area contributed by atoms with Crippen molar-refractivity contribution in [2.75, 3.05) is 4.43 Å². The number of halogens is 1. The minimum Gasteiger partial charge on any atom is -0.353 e. The molecular formula is C10H12IN5O3. The Morgan fingerprint density at radius 1 is 1.68 bits per heavy atom. The quantitative estimate of drug-likeness (QED) is 0.281. The summed E-state index contributed by atoms with van der Waals surface area (Å²) in [5.74, 6) is 0. The van der Waals surface area contributed by atoms with Gasteiger partial charge in [-0.3, -0.25) is 14.3 Å². The molecule has 9 heteroatoms. The fraction of sp³-hybridized carbons (Fsp3) is 0.600. The molecule has 1 aliphatic heterocycles.